The van der Waals surface area contributed by atoms with Gasteiger partial charge in [-0.3, -0.25) is 0 Å². The van der Waals surface area contributed by atoms with Gasteiger partial charge in [-0.15, -0.1) is 0 Å². The number of nitrogens with one attached hydrogen (secondary N) is 1. The Hall–Kier alpha value is -0.220. The van der Waals surface area contributed by atoms with Gasteiger partial charge in [-0.2, -0.15) is 0 Å². The van der Waals surface area contributed by atoms with Crippen LogP contribution in [-0.2, 0) is 4.74 Å². The molecular weight excluding hydrogens is 164 g/mol. The maximum absolute atomic E-state index is 11.9. The molecule has 0 amide bonds. The quantitative estimate of drug-likeness (QED) is 0.707. The lowest BCUT2D eigenvalue weighted by atomic mass is 9.95. The number of hydrogen-bond donors (Lipinski definition) is 1. The van der Waals surface area contributed by atoms with Crippen molar-refractivity contribution in [2.45, 2.75) is 31.7 Å². The lowest BCUT2D eigenvalue weighted by Crippen LogP contribution is -2.50. The Labute approximate surface area is 71.3 Å². The molecule has 0 aromatic rings. The average molecular weight is 179 g/mol. The van der Waals surface area contributed by atoms with E-state index in [0.29, 0.717) is 6.61 Å². The molecule has 1 aliphatic rings. The first-order chi connectivity index (χ1) is 5.62. The van der Waals surface area contributed by atoms with E-state index in [1.165, 1.54) is 0 Å². The summed E-state index contributed by atoms with van der Waals surface area (Å²) in [6.45, 7) is 2.99. The van der Waals surface area contributed by atoms with Crippen molar-refractivity contribution in [2.75, 3.05) is 19.8 Å². The number of rotatable bonds is 3. The molecule has 1 fully saturated rings. The summed E-state index contributed by atoms with van der Waals surface area (Å²) in [4.78, 5) is 0. The summed E-state index contributed by atoms with van der Waals surface area (Å²) in [6, 6.07) is 0. The summed E-state index contributed by atoms with van der Waals surface area (Å²) in [6.07, 6.45) is -0.407. The summed E-state index contributed by atoms with van der Waals surface area (Å²) in [5.41, 5.74) is -0.241. The van der Waals surface area contributed by atoms with Crippen LogP contribution in [0, 0.1) is 0 Å². The molecule has 1 rings (SSSR count). The van der Waals surface area contributed by atoms with E-state index in [0.717, 1.165) is 19.4 Å². The Bertz CT molecular complexity index is 135. The molecular formula is C8H15F2NO. The lowest BCUT2D eigenvalue weighted by Gasteiger charge is -2.34. The molecule has 0 bridgehead atoms. The van der Waals surface area contributed by atoms with Gasteiger partial charge in [0.25, 0.3) is 6.43 Å². The van der Waals surface area contributed by atoms with Gasteiger partial charge < -0.3 is 10.1 Å². The van der Waals surface area contributed by atoms with Gasteiger partial charge in [0.15, 0.2) is 0 Å². The van der Waals surface area contributed by atoms with Crippen molar-refractivity contribution in [1.29, 1.82) is 0 Å². The third kappa shape index (κ3) is 3.03. The minimum Gasteiger partial charge on any atom is -0.380 e. The smallest absolute Gasteiger partial charge is 0.250 e. The first-order valence-electron chi connectivity index (χ1n) is 4.23. The fourth-order valence-corrected chi connectivity index (χ4v) is 1.40. The highest BCUT2D eigenvalue weighted by Gasteiger charge is 2.27. The Morgan fingerprint density at radius 1 is 1.58 bits per heavy atom. The van der Waals surface area contributed by atoms with Crippen LogP contribution in [0.2, 0.25) is 0 Å². The van der Waals surface area contributed by atoms with E-state index in [-0.39, 0.29) is 12.1 Å². The minimum absolute atomic E-state index is 0.236. The second-order valence-electron chi connectivity index (χ2n) is 3.49. The molecule has 0 radical (unpaired) electrons. The summed E-state index contributed by atoms with van der Waals surface area (Å²) in [7, 11) is 0. The van der Waals surface area contributed by atoms with Crippen molar-refractivity contribution in [3.05, 3.63) is 0 Å². The average Bonchev–Trinajstić information content (AvgIpc) is 2.03. The maximum Gasteiger partial charge on any atom is 0.250 e. The van der Waals surface area contributed by atoms with Gasteiger partial charge >= 0.3 is 0 Å². The van der Waals surface area contributed by atoms with Gasteiger partial charge in [0, 0.05) is 12.1 Å². The molecule has 0 aliphatic carbocycles. The topological polar surface area (TPSA) is 21.3 Å². The zero-order chi connectivity index (χ0) is 9.03. The van der Waals surface area contributed by atoms with Crippen LogP contribution in [0.15, 0.2) is 0 Å². The van der Waals surface area contributed by atoms with Gasteiger partial charge in [-0.25, -0.2) is 8.78 Å². The normalized spacial score (nSPS) is 31.0. The minimum atomic E-state index is -2.27. The van der Waals surface area contributed by atoms with Crippen LogP contribution in [0.5, 0.6) is 0 Å². The van der Waals surface area contributed by atoms with Gasteiger partial charge in [0.1, 0.15) is 0 Å². The molecule has 1 unspecified atom stereocenters. The lowest BCUT2D eigenvalue weighted by molar-refractivity contribution is 0.0195. The van der Waals surface area contributed by atoms with Gasteiger partial charge in [-0.05, 0) is 19.8 Å². The van der Waals surface area contributed by atoms with E-state index in [9.17, 15) is 8.78 Å². The van der Waals surface area contributed by atoms with Crippen LogP contribution in [0.1, 0.15) is 19.8 Å². The Morgan fingerprint density at radius 2 is 2.33 bits per heavy atom. The van der Waals surface area contributed by atoms with Crippen LogP contribution in [0.25, 0.3) is 0 Å². The van der Waals surface area contributed by atoms with Crippen LogP contribution in [-0.4, -0.2) is 31.7 Å². The van der Waals surface area contributed by atoms with E-state index in [2.05, 4.69) is 5.32 Å². The molecule has 72 valence electrons. The summed E-state index contributed by atoms with van der Waals surface area (Å²) in [5, 5.41) is 2.82. The van der Waals surface area contributed by atoms with Crippen LogP contribution in [0.3, 0.4) is 0 Å². The van der Waals surface area contributed by atoms with Gasteiger partial charge in [-0.1, -0.05) is 0 Å². The summed E-state index contributed by atoms with van der Waals surface area (Å²) < 4.78 is 28.9. The summed E-state index contributed by atoms with van der Waals surface area (Å²) in [5.74, 6) is 0. The fourth-order valence-electron chi connectivity index (χ4n) is 1.40. The molecule has 0 aromatic heterocycles. The Kier molecular flexibility index (Phi) is 3.40. The monoisotopic (exact) mass is 179 g/mol. The van der Waals surface area contributed by atoms with Crippen molar-refractivity contribution in [3.63, 3.8) is 0 Å². The molecule has 1 N–H and O–H groups in total. The molecule has 12 heavy (non-hydrogen) atoms. The number of alkyl halides is 2. The SMILES string of the molecule is CC1(NCC(F)F)CCCOC1. The van der Waals surface area contributed by atoms with Crippen molar-refractivity contribution < 1.29 is 13.5 Å². The van der Waals surface area contributed by atoms with Crippen molar-refractivity contribution >= 4 is 0 Å². The number of halogens is 2. The molecule has 1 atom stereocenters. The second-order valence-corrected chi connectivity index (χ2v) is 3.49. The molecule has 1 heterocycles. The summed E-state index contributed by atoms with van der Waals surface area (Å²) >= 11 is 0. The molecule has 0 aromatic carbocycles. The highest BCUT2D eigenvalue weighted by atomic mass is 19.3. The predicted octanol–water partition coefficient (Wildman–Crippen LogP) is 1.41. The molecule has 0 spiro atoms. The van der Waals surface area contributed by atoms with Crippen LogP contribution in [0.4, 0.5) is 8.78 Å². The highest BCUT2D eigenvalue weighted by molar-refractivity contribution is 4.85. The maximum atomic E-state index is 11.9. The zero-order valence-electron chi connectivity index (χ0n) is 7.28. The largest absolute Gasteiger partial charge is 0.380 e. The zero-order valence-corrected chi connectivity index (χ0v) is 7.28. The van der Waals surface area contributed by atoms with Gasteiger partial charge in [0.2, 0.25) is 0 Å². The first kappa shape index (κ1) is 9.86. The van der Waals surface area contributed by atoms with E-state index in [1.54, 1.807) is 0 Å². The van der Waals surface area contributed by atoms with Crippen LogP contribution >= 0.6 is 0 Å². The highest BCUT2D eigenvalue weighted by Crippen LogP contribution is 2.18. The standard InChI is InChI=1S/C8H15F2NO/c1-8(11-5-7(9)10)3-2-4-12-6-8/h7,11H,2-6H2,1H3. The first-order valence-corrected chi connectivity index (χ1v) is 4.23. The fraction of sp³-hybridized carbons (Fsp3) is 1.00. The van der Waals surface area contributed by atoms with Crippen molar-refractivity contribution in [2.24, 2.45) is 0 Å². The van der Waals surface area contributed by atoms with Crippen molar-refractivity contribution in [1.82, 2.24) is 5.32 Å². The molecule has 4 heteroatoms. The van der Waals surface area contributed by atoms with Crippen LogP contribution < -0.4 is 5.32 Å². The third-order valence-corrected chi connectivity index (χ3v) is 2.12. The Morgan fingerprint density at radius 3 is 2.83 bits per heavy atom. The van der Waals surface area contributed by atoms with E-state index in [1.807, 2.05) is 6.92 Å². The molecule has 2 nitrogen and oxygen atoms in total. The molecule has 1 saturated heterocycles. The van der Waals surface area contributed by atoms with Gasteiger partial charge in [0.05, 0.1) is 13.2 Å². The second kappa shape index (κ2) is 4.14. The van der Waals surface area contributed by atoms with E-state index in [4.69, 9.17) is 4.74 Å². The number of ether oxygens (including phenoxy) is 1. The predicted molar refractivity (Wildman–Crippen MR) is 42.5 cm³/mol. The Balaban J connectivity index is 2.26. The van der Waals surface area contributed by atoms with E-state index < -0.39 is 6.43 Å². The molecule has 1 aliphatic heterocycles. The van der Waals surface area contributed by atoms with E-state index >= 15 is 0 Å². The third-order valence-electron chi connectivity index (χ3n) is 2.12. The number of hydrogen-bond acceptors (Lipinski definition) is 2. The molecule has 0 saturated carbocycles. The van der Waals surface area contributed by atoms with Crippen molar-refractivity contribution in [3.8, 4) is 0 Å².